The second-order valence-corrected chi connectivity index (χ2v) is 4.19. The highest BCUT2D eigenvalue weighted by Crippen LogP contribution is 2.04. The van der Waals surface area contributed by atoms with E-state index in [1.807, 2.05) is 6.92 Å². The summed E-state index contributed by atoms with van der Waals surface area (Å²) in [6.07, 6.45) is 6.36. The number of H-pyrrole nitrogens is 1. The molecule has 5 nitrogen and oxygen atoms in total. The van der Waals surface area contributed by atoms with Crippen molar-refractivity contribution in [1.29, 1.82) is 0 Å². The van der Waals surface area contributed by atoms with Crippen LogP contribution >= 0.6 is 0 Å². The lowest BCUT2D eigenvalue weighted by Gasteiger charge is -2.10. The van der Waals surface area contributed by atoms with E-state index in [1.54, 1.807) is 6.20 Å². The number of ether oxygens (including phenoxy) is 1. The second-order valence-electron chi connectivity index (χ2n) is 4.19. The summed E-state index contributed by atoms with van der Waals surface area (Å²) in [5.41, 5.74) is 6.99. The molecule has 1 aromatic rings. The van der Waals surface area contributed by atoms with Crippen LogP contribution in [0.1, 0.15) is 38.3 Å². The van der Waals surface area contributed by atoms with Crippen LogP contribution in [-0.4, -0.2) is 34.7 Å². The van der Waals surface area contributed by atoms with Gasteiger partial charge in [0.25, 0.3) is 0 Å². The molecule has 3 N–H and O–H groups in total. The summed E-state index contributed by atoms with van der Waals surface area (Å²) in [5, 5.41) is 10.4. The minimum Gasteiger partial charge on any atom is -0.380 e. The fourth-order valence-electron chi connectivity index (χ4n) is 1.62. The minimum absolute atomic E-state index is 0.209. The van der Waals surface area contributed by atoms with Crippen molar-refractivity contribution in [2.24, 2.45) is 5.73 Å². The van der Waals surface area contributed by atoms with Gasteiger partial charge in [-0.2, -0.15) is 15.4 Å². The zero-order valence-corrected chi connectivity index (χ0v) is 11.0. The van der Waals surface area contributed by atoms with Crippen molar-refractivity contribution >= 4 is 0 Å². The van der Waals surface area contributed by atoms with Gasteiger partial charge in [-0.3, -0.25) is 0 Å². The Kier molecular flexibility index (Phi) is 7.85. The molecule has 0 bridgehead atoms. The van der Waals surface area contributed by atoms with Gasteiger partial charge in [0.2, 0.25) is 0 Å². The molecule has 0 radical (unpaired) electrons. The Labute approximate surface area is 108 Å². The molecule has 100 valence electrons. The molecule has 1 atom stereocenters. The summed E-state index contributed by atoms with van der Waals surface area (Å²) < 4.78 is 5.45. The lowest BCUT2D eigenvalue weighted by atomic mass is 10.1. The SMILES string of the molecule is CC#CCCOCCCC(N)CCc1cn[nH]n1. The fraction of sp³-hybridized carbons (Fsp3) is 0.692. The van der Waals surface area contributed by atoms with E-state index in [0.717, 1.165) is 51.0 Å². The van der Waals surface area contributed by atoms with Gasteiger partial charge < -0.3 is 10.5 Å². The van der Waals surface area contributed by atoms with Gasteiger partial charge in [-0.05, 0) is 32.6 Å². The van der Waals surface area contributed by atoms with E-state index >= 15 is 0 Å². The van der Waals surface area contributed by atoms with Crippen molar-refractivity contribution in [2.75, 3.05) is 13.2 Å². The monoisotopic (exact) mass is 250 g/mol. The summed E-state index contributed by atoms with van der Waals surface area (Å²) >= 11 is 0. The molecule has 1 heterocycles. The first-order valence-corrected chi connectivity index (χ1v) is 6.40. The smallest absolute Gasteiger partial charge is 0.0825 e. The van der Waals surface area contributed by atoms with E-state index in [2.05, 4.69) is 27.3 Å². The maximum Gasteiger partial charge on any atom is 0.0825 e. The topological polar surface area (TPSA) is 76.8 Å². The van der Waals surface area contributed by atoms with Gasteiger partial charge in [0.05, 0.1) is 18.5 Å². The lowest BCUT2D eigenvalue weighted by molar-refractivity contribution is 0.134. The molecule has 18 heavy (non-hydrogen) atoms. The maximum absolute atomic E-state index is 6.02. The van der Waals surface area contributed by atoms with Crippen LogP contribution in [0.3, 0.4) is 0 Å². The van der Waals surface area contributed by atoms with E-state index in [0.29, 0.717) is 0 Å². The largest absolute Gasteiger partial charge is 0.380 e. The molecule has 0 aliphatic heterocycles. The molecule has 0 amide bonds. The van der Waals surface area contributed by atoms with E-state index < -0.39 is 0 Å². The van der Waals surface area contributed by atoms with E-state index in [-0.39, 0.29) is 6.04 Å². The number of hydrogen-bond donors (Lipinski definition) is 2. The lowest BCUT2D eigenvalue weighted by Crippen LogP contribution is -2.21. The molecule has 0 spiro atoms. The van der Waals surface area contributed by atoms with Gasteiger partial charge in [-0.1, -0.05) is 0 Å². The van der Waals surface area contributed by atoms with Crippen LogP contribution in [0.5, 0.6) is 0 Å². The maximum atomic E-state index is 6.02. The summed E-state index contributed by atoms with van der Waals surface area (Å²) in [6.45, 7) is 3.33. The summed E-state index contributed by atoms with van der Waals surface area (Å²) in [5.74, 6) is 5.81. The first-order valence-electron chi connectivity index (χ1n) is 6.40. The quantitative estimate of drug-likeness (QED) is 0.511. The Morgan fingerprint density at radius 3 is 3.06 bits per heavy atom. The number of aryl methyl sites for hydroxylation is 1. The third kappa shape index (κ3) is 7.05. The first kappa shape index (κ1) is 14.7. The van der Waals surface area contributed by atoms with Gasteiger partial charge in [-0.25, -0.2) is 0 Å². The number of nitrogens with one attached hydrogen (secondary N) is 1. The van der Waals surface area contributed by atoms with Crippen molar-refractivity contribution in [3.05, 3.63) is 11.9 Å². The third-order valence-corrected chi connectivity index (χ3v) is 2.65. The molecule has 0 aliphatic rings. The predicted octanol–water partition coefficient (Wildman–Crippen LogP) is 1.27. The predicted molar refractivity (Wildman–Crippen MR) is 70.8 cm³/mol. The van der Waals surface area contributed by atoms with Gasteiger partial charge in [0.15, 0.2) is 0 Å². The zero-order valence-electron chi connectivity index (χ0n) is 11.0. The molecule has 1 unspecified atom stereocenters. The summed E-state index contributed by atoms with van der Waals surface area (Å²) in [6, 6.07) is 0.209. The Hall–Kier alpha value is -1.38. The highest BCUT2D eigenvalue weighted by Gasteiger charge is 2.04. The normalized spacial score (nSPS) is 11.9. The third-order valence-electron chi connectivity index (χ3n) is 2.65. The zero-order chi connectivity index (χ0) is 13.1. The van der Waals surface area contributed by atoms with Crippen LogP contribution in [0.25, 0.3) is 0 Å². The molecule has 0 saturated carbocycles. The molecule has 0 saturated heterocycles. The fourth-order valence-corrected chi connectivity index (χ4v) is 1.62. The second kappa shape index (κ2) is 9.63. The van der Waals surface area contributed by atoms with E-state index in [9.17, 15) is 0 Å². The number of aromatic nitrogens is 3. The molecule has 1 aromatic heterocycles. The molecule has 1 rings (SSSR count). The Morgan fingerprint density at radius 2 is 2.33 bits per heavy atom. The average Bonchev–Trinajstić information content (AvgIpc) is 2.88. The highest BCUT2D eigenvalue weighted by atomic mass is 16.5. The molecular formula is C13H22N4O. The number of nitrogens with zero attached hydrogens (tertiary/aromatic N) is 2. The van der Waals surface area contributed by atoms with Crippen LogP contribution in [0.4, 0.5) is 0 Å². The molecule has 0 fully saturated rings. The van der Waals surface area contributed by atoms with Gasteiger partial charge in [0.1, 0.15) is 0 Å². The van der Waals surface area contributed by atoms with Crippen molar-refractivity contribution < 1.29 is 4.74 Å². The van der Waals surface area contributed by atoms with Crippen LogP contribution < -0.4 is 5.73 Å². The highest BCUT2D eigenvalue weighted by molar-refractivity contribution is 4.94. The molecular weight excluding hydrogens is 228 g/mol. The molecule has 0 aliphatic carbocycles. The van der Waals surface area contributed by atoms with Gasteiger partial charge >= 0.3 is 0 Å². The van der Waals surface area contributed by atoms with Crippen LogP contribution in [-0.2, 0) is 11.2 Å². The number of nitrogens with two attached hydrogens (primary N) is 1. The Morgan fingerprint density at radius 1 is 1.44 bits per heavy atom. The van der Waals surface area contributed by atoms with E-state index in [4.69, 9.17) is 10.5 Å². The Balaban J connectivity index is 1.93. The van der Waals surface area contributed by atoms with Crippen LogP contribution in [0, 0.1) is 11.8 Å². The van der Waals surface area contributed by atoms with Gasteiger partial charge in [-0.15, -0.1) is 11.8 Å². The van der Waals surface area contributed by atoms with Crippen LogP contribution in [0.2, 0.25) is 0 Å². The standard InChI is InChI=1S/C13H22N4O/c1-2-3-4-9-18-10-5-6-12(14)7-8-13-11-15-17-16-13/h11-12H,4-10,14H2,1H3,(H,15,16,17). The van der Waals surface area contributed by atoms with Crippen molar-refractivity contribution in [2.45, 2.75) is 45.1 Å². The summed E-state index contributed by atoms with van der Waals surface area (Å²) in [4.78, 5) is 0. The van der Waals surface area contributed by atoms with Crippen LogP contribution in [0.15, 0.2) is 6.20 Å². The molecule has 5 heteroatoms. The van der Waals surface area contributed by atoms with Crippen molar-refractivity contribution in [3.8, 4) is 11.8 Å². The number of aromatic amines is 1. The van der Waals surface area contributed by atoms with E-state index in [1.165, 1.54) is 0 Å². The summed E-state index contributed by atoms with van der Waals surface area (Å²) in [7, 11) is 0. The minimum atomic E-state index is 0.209. The van der Waals surface area contributed by atoms with Crippen molar-refractivity contribution in [3.63, 3.8) is 0 Å². The first-order chi connectivity index (χ1) is 8.83. The molecule has 0 aromatic carbocycles. The van der Waals surface area contributed by atoms with Gasteiger partial charge in [0, 0.05) is 19.1 Å². The Bertz CT molecular complexity index is 353. The number of hydrogen-bond acceptors (Lipinski definition) is 4. The average molecular weight is 250 g/mol. The number of rotatable bonds is 9. The van der Waals surface area contributed by atoms with Crippen molar-refractivity contribution in [1.82, 2.24) is 15.4 Å².